The average molecular weight is 236 g/mol. The summed E-state index contributed by atoms with van der Waals surface area (Å²) in [7, 11) is 0. The van der Waals surface area contributed by atoms with Crippen molar-refractivity contribution in [2.24, 2.45) is 0 Å². The van der Waals surface area contributed by atoms with Gasteiger partial charge in [0.15, 0.2) is 6.10 Å². The zero-order valence-electron chi connectivity index (χ0n) is 9.54. The summed E-state index contributed by atoms with van der Waals surface area (Å²) in [5.41, 5.74) is 0.796. The lowest BCUT2D eigenvalue weighted by Crippen LogP contribution is -2.25. The van der Waals surface area contributed by atoms with Crippen LogP contribution in [0.3, 0.4) is 0 Å². The predicted octanol–water partition coefficient (Wildman–Crippen LogP) is 0.670. The molecule has 1 fully saturated rings. The second kappa shape index (κ2) is 5.14. The molecule has 2 heterocycles. The molecule has 1 aliphatic heterocycles. The highest BCUT2D eigenvalue weighted by atomic mass is 16.4. The first-order valence-corrected chi connectivity index (χ1v) is 5.78. The summed E-state index contributed by atoms with van der Waals surface area (Å²) < 4.78 is 0. The Hall–Kier alpha value is -1.62. The lowest BCUT2D eigenvalue weighted by Gasteiger charge is -2.20. The molecular formula is C12H16N2O3. The molecule has 92 valence electrons. The molecular weight excluding hydrogens is 220 g/mol. The van der Waals surface area contributed by atoms with E-state index in [9.17, 15) is 9.90 Å². The Kier molecular flexibility index (Phi) is 3.58. The zero-order chi connectivity index (χ0) is 12.3. The standard InChI is InChI=1S/C12H16N2O3/c15-10(12(16)17)8-9-4-3-5-13-11(9)14-6-1-2-7-14/h3-5,10,15H,1-2,6-8H2,(H,16,17). The Balaban J connectivity index is 2.18. The van der Waals surface area contributed by atoms with E-state index in [1.807, 2.05) is 6.07 Å². The van der Waals surface area contributed by atoms with Crippen molar-refractivity contribution in [3.63, 3.8) is 0 Å². The maximum absolute atomic E-state index is 10.7. The lowest BCUT2D eigenvalue weighted by atomic mass is 10.1. The Labute approximate surface area is 99.7 Å². The van der Waals surface area contributed by atoms with Crippen molar-refractivity contribution in [2.75, 3.05) is 18.0 Å². The van der Waals surface area contributed by atoms with E-state index in [2.05, 4.69) is 9.88 Å². The molecule has 0 spiro atoms. The van der Waals surface area contributed by atoms with Gasteiger partial charge in [-0.25, -0.2) is 9.78 Å². The molecule has 2 N–H and O–H groups in total. The van der Waals surface area contributed by atoms with Crippen LogP contribution in [0, 0.1) is 0 Å². The number of aromatic nitrogens is 1. The summed E-state index contributed by atoms with van der Waals surface area (Å²) in [5, 5.41) is 18.1. The fourth-order valence-electron chi connectivity index (χ4n) is 2.10. The topological polar surface area (TPSA) is 73.7 Å². The number of rotatable bonds is 4. The van der Waals surface area contributed by atoms with Crippen LogP contribution in [-0.2, 0) is 11.2 Å². The second-order valence-corrected chi connectivity index (χ2v) is 4.24. The van der Waals surface area contributed by atoms with Gasteiger partial charge in [-0.3, -0.25) is 0 Å². The van der Waals surface area contributed by atoms with Gasteiger partial charge in [-0.1, -0.05) is 6.07 Å². The maximum Gasteiger partial charge on any atom is 0.332 e. The normalized spacial score (nSPS) is 17.1. The Morgan fingerprint density at radius 3 is 2.82 bits per heavy atom. The summed E-state index contributed by atoms with van der Waals surface area (Å²) >= 11 is 0. The number of carboxylic acids is 1. The third-order valence-corrected chi connectivity index (χ3v) is 2.97. The van der Waals surface area contributed by atoms with Crippen LogP contribution in [-0.4, -0.2) is 40.4 Å². The van der Waals surface area contributed by atoms with Gasteiger partial charge < -0.3 is 15.1 Å². The first-order valence-electron chi connectivity index (χ1n) is 5.78. The SMILES string of the molecule is O=C(O)C(O)Cc1cccnc1N1CCCC1. The monoisotopic (exact) mass is 236 g/mol. The highest BCUT2D eigenvalue weighted by molar-refractivity contribution is 5.72. The Morgan fingerprint density at radius 2 is 2.18 bits per heavy atom. The van der Waals surface area contributed by atoms with Crippen LogP contribution >= 0.6 is 0 Å². The van der Waals surface area contributed by atoms with E-state index < -0.39 is 12.1 Å². The van der Waals surface area contributed by atoms with Crippen molar-refractivity contribution in [2.45, 2.75) is 25.4 Å². The van der Waals surface area contributed by atoms with Crippen LogP contribution in [0.2, 0.25) is 0 Å². The molecule has 1 saturated heterocycles. The fraction of sp³-hybridized carbons (Fsp3) is 0.500. The van der Waals surface area contributed by atoms with E-state index in [0.717, 1.165) is 37.3 Å². The van der Waals surface area contributed by atoms with E-state index in [1.165, 1.54) is 0 Å². The first-order chi connectivity index (χ1) is 8.18. The Bertz CT molecular complexity index is 402. The molecule has 0 aliphatic carbocycles. The number of carboxylic acid groups (broad SMARTS) is 1. The Morgan fingerprint density at radius 1 is 1.47 bits per heavy atom. The summed E-state index contributed by atoms with van der Waals surface area (Å²) in [4.78, 5) is 17.1. The van der Waals surface area contributed by atoms with Crippen molar-refractivity contribution in [3.8, 4) is 0 Å². The van der Waals surface area contributed by atoms with E-state index in [-0.39, 0.29) is 6.42 Å². The van der Waals surface area contributed by atoms with Crippen LogP contribution in [0.4, 0.5) is 5.82 Å². The van der Waals surface area contributed by atoms with Crippen LogP contribution in [0.1, 0.15) is 18.4 Å². The zero-order valence-corrected chi connectivity index (χ0v) is 9.54. The molecule has 17 heavy (non-hydrogen) atoms. The van der Waals surface area contributed by atoms with Crippen LogP contribution in [0.25, 0.3) is 0 Å². The molecule has 5 nitrogen and oxygen atoms in total. The van der Waals surface area contributed by atoms with Gasteiger partial charge in [0.05, 0.1) is 0 Å². The van der Waals surface area contributed by atoms with Crippen LogP contribution in [0.15, 0.2) is 18.3 Å². The third-order valence-electron chi connectivity index (χ3n) is 2.97. The molecule has 0 radical (unpaired) electrons. The number of nitrogens with zero attached hydrogens (tertiary/aromatic N) is 2. The van der Waals surface area contributed by atoms with Gasteiger partial charge in [0.25, 0.3) is 0 Å². The highest BCUT2D eigenvalue weighted by Gasteiger charge is 2.20. The van der Waals surface area contributed by atoms with Gasteiger partial charge in [0.1, 0.15) is 5.82 Å². The fourth-order valence-corrected chi connectivity index (χ4v) is 2.10. The summed E-state index contributed by atoms with van der Waals surface area (Å²) in [5.74, 6) is -0.383. The van der Waals surface area contributed by atoms with Gasteiger partial charge in [0.2, 0.25) is 0 Å². The molecule has 0 saturated carbocycles. The number of pyridine rings is 1. The first kappa shape index (κ1) is 11.9. The average Bonchev–Trinajstić information content (AvgIpc) is 2.83. The molecule has 1 aliphatic rings. The molecule has 5 heteroatoms. The molecule has 0 amide bonds. The number of aliphatic carboxylic acids is 1. The molecule has 1 aromatic heterocycles. The number of hydrogen-bond acceptors (Lipinski definition) is 4. The minimum Gasteiger partial charge on any atom is -0.479 e. The van der Waals surface area contributed by atoms with Crippen molar-refractivity contribution < 1.29 is 15.0 Å². The van der Waals surface area contributed by atoms with Gasteiger partial charge in [0, 0.05) is 25.7 Å². The van der Waals surface area contributed by atoms with E-state index in [1.54, 1.807) is 12.3 Å². The highest BCUT2D eigenvalue weighted by Crippen LogP contribution is 2.22. The summed E-state index contributed by atoms with van der Waals surface area (Å²) in [6.07, 6.45) is 2.72. The number of aliphatic hydroxyl groups excluding tert-OH is 1. The maximum atomic E-state index is 10.7. The van der Waals surface area contributed by atoms with Gasteiger partial charge in [-0.05, 0) is 24.5 Å². The van der Waals surface area contributed by atoms with Crippen molar-refractivity contribution in [3.05, 3.63) is 23.9 Å². The van der Waals surface area contributed by atoms with Crippen LogP contribution in [0.5, 0.6) is 0 Å². The minimum atomic E-state index is -1.36. The third kappa shape index (κ3) is 2.74. The number of hydrogen-bond donors (Lipinski definition) is 2. The van der Waals surface area contributed by atoms with Gasteiger partial charge >= 0.3 is 5.97 Å². The van der Waals surface area contributed by atoms with Gasteiger partial charge in [-0.15, -0.1) is 0 Å². The molecule has 0 aromatic carbocycles. The minimum absolute atomic E-state index is 0.106. The summed E-state index contributed by atoms with van der Waals surface area (Å²) in [6.45, 7) is 1.90. The lowest BCUT2D eigenvalue weighted by molar-refractivity contribution is -0.146. The second-order valence-electron chi connectivity index (χ2n) is 4.24. The van der Waals surface area contributed by atoms with Crippen LogP contribution < -0.4 is 4.90 Å². The van der Waals surface area contributed by atoms with Crippen molar-refractivity contribution in [1.29, 1.82) is 0 Å². The molecule has 1 aromatic rings. The largest absolute Gasteiger partial charge is 0.479 e. The van der Waals surface area contributed by atoms with E-state index in [4.69, 9.17) is 5.11 Å². The summed E-state index contributed by atoms with van der Waals surface area (Å²) in [6, 6.07) is 3.59. The smallest absolute Gasteiger partial charge is 0.332 e. The van der Waals surface area contributed by atoms with E-state index >= 15 is 0 Å². The van der Waals surface area contributed by atoms with Crippen molar-refractivity contribution >= 4 is 11.8 Å². The molecule has 2 rings (SSSR count). The number of anilines is 1. The molecule has 1 atom stereocenters. The number of carbonyl (C=O) groups is 1. The molecule has 1 unspecified atom stereocenters. The van der Waals surface area contributed by atoms with Crippen molar-refractivity contribution in [1.82, 2.24) is 4.98 Å². The molecule has 0 bridgehead atoms. The predicted molar refractivity (Wildman–Crippen MR) is 63.0 cm³/mol. The van der Waals surface area contributed by atoms with Gasteiger partial charge in [-0.2, -0.15) is 0 Å². The van der Waals surface area contributed by atoms with E-state index in [0.29, 0.717) is 0 Å². The quantitative estimate of drug-likeness (QED) is 0.803. The number of aliphatic hydroxyl groups is 1.